The van der Waals surface area contributed by atoms with Crippen molar-refractivity contribution in [3.05, 3.63) is 0 Å². The van der Waals surface area contributed by atoms with Gasteiger partial charge in [-0.15, -0.1) is 0 Å². The van der Waals surface area contributed by atoms with Gasteiger partial charge in [-0.05, 0) is 20.8 Å². The Labute approximate surface area is 98.1 Å². The van der Waals surface area contributed by atoms with Crippen molar-refractivity contribution in [2.75, 3.05) is 13.1 Å². The number of rotatable bonds is 2. The first-order chi connectivity index (χ1) is 7.41. The highest BCUT2D eigenvalue weighted by atomic mass is 32.2. The molecule has 0 saturated carbocycles. The minimum absolute atomic E-state index is 0.469. The molecule has 9 heteroatoms. The highest BCUT2D eigenvalue weighted by Gasteiger charge is 2.50. The molecule has 0 atom stereocenters. The van der Waals surface area contributed by atoms with Gasteiger partial charge in [-0.25, -0.2) is 18.3 Å². The Balaban J connectivity index is 2.54. The molecule has 0 radical (unpaired) electrons. The van der Waals surface area contributed by atoms with Crippen molar-refractivity contribution in [3.8, 4) is 0 Å². The minimum Gasteiger partial charge on any atom is -0.443 e. The second-order valence-electron chi connectivity index (χ2n) is 4.73. The van der Waals surface area contributed by atoms with Gasteiger partial charge in [0, 0.05) is 0 Å². The number of carbonyl (C=O) groups excluding carboxylic acids is 1. The molecule has 0 aromatic rings. The van der Waals surface area contributed by atoms with Gasteiger partial charge < -0.3 is 4.74 Å². The van der Waals surface area contributed by atoms with Gasteiger partial charge in [0.15, 0.2) is 0 Å². The van der Waals surface area contributed by atoms with E-state index < -0.39 is 40.9 Å². The normalized spacial score (nSPS) is 20.5. The average Bonchev–Trinajstić information content (AvgIpc) is 1.93. The van der Waals surface area contributed by atoms with Gasteiger partial charge in [0.2, 0.25) is 0 Å². The number of alkyl halides is 2. The maximum atomic E-state index is 12.5. The Morgan fingerprint density at radius 3 is 2.18 bits per heavy atom. The van der Waals surface area contributed by atoms with Gasteiger partial charge in [0.05, 0.1) is 13.1 Å². The summed E-state index contributed by atoms with van der Waals surface area (Å²) >= 11 is 0. The van der Waals surface area contributed by atoms with Gasteiger partial charge in [-0.2, -0.15) is 12.7 Å². The van der Waals surface area contributed by atoms with Gasteiger partial charge >= 0.3 is 16.3 Å². The van der Waals surface area contributed by atoms with Crippen LogP contribution in [0.4, 0.5) is 13.6 Å². The monoisotopic (exact) mass is 272 g/mol. The lowest BCUT2D eigenvalue weighted by Gasteiger charge is -2.37. The molecule has 1 saturated heterocycles. The van der Waals surface area contributed by atoms with E-state index >= 15 is 0 Å². The lowest BCUT2D eigenvalue weighted by atomic mass is 10.2. The maximum absolute atomic E-state index is 12.5. The molecule has 1 aliphatic heterocycles. The van der Waals surface area contributed by atoms with Crippen LogP contribution in [0, 0.1) is 0 Å². The summed E-state index contributed by atoms with van der Waals surface area (Å²) in [5.74, 6) is -3.03. The van der Waals surface area contributed by atoms with E-state index in [0.717, 1.165) is 0 Å². The molecular formula is C8H14F2N2O4S. The number of nitrogens with one attached hydrogen (secondary N) is 1. The van der Waals surface area contributed by atoms with Gasteiger partial charge in [0.1, 0.15) is 5.60 Å². The molecule has 6 nitrogen and oxygen atoms in total. The summed E-state index contributed by atoms with van der Waals surface area (Å²) in [6.07, 6.45) is -1.19. The van der Waals surface area contributed by atoms with E-state index in [0.29, 0.717) is 4.31 Å². The highest BCUT2D eigenvalue weighted by molar-refractivity contribution is 7.87. The van der Waals surface area contributed by atoms with Crippen molar-refractivity contribution in [3.63, 3.8) is 0 Å². The van der Waals surface area contributed by atoms with Crippen LogP contribution in [0.25, 0.3) is 0 Å². The maximum Gasteiger partial charge on any atom is 0.422 e. The van der Waals surface area contributed by atoms with Crippen LogP contribution in [0.15, 0.2) is 0 Å². The second kappa shape index (κ2) is 4.05. The van der Waals surface area contributed by atoms with E-state index in [2.05, 4.69) is 0 Å². The van der Waals surface area contributed by atoms with Gasteiger partial charge in [0.25, 0.3) is 5.92 Å². The predicted molar refractivity (Wildman–Crippen MR) is 54.8 cm³/mol. The Morgan fingerprint density at radius 2 is 1.82 bits per heavy atom. The minimum atomic E-state index is -4.24. The molecule has 1 N–H and O–H groups in total. The number of hydrogen-bond donors (Lipinski definition) is 1. The summed E-state index contributed by atoms with van der Waals surface area (Å²) in [5.41, 5.74) is -0.863. The Kier molecular flexibility index (Phi) is 3.36. The summed E-state index contributed by atoms with van der Waals surface area (Å²) < 4.78 is 54.4. The molecule has 0 unspecified atom stereocenters. The number of ether oxygens (including phenoxy) is 1. The van der Waals surface area contributed by atoms with Crippen LogP contribution >= 0.6 is 0 Å². The van der Waals surface area contributed by atoms with Crippen LogP contribution in [0.1, 0.15) is 20.8 Å². The number of carbonyl (C=O) groups is 1. The summed E-state index contributed by atoms with van der Waals surface area (Å²) in [5, 5.41) is 0. The van der Waals surface area contributed by atoms with Gasteiger partial charge in [-0.1, -0.05) is 0 Å². The lowest BCUT2D eigenvalue weighted by molar-refractivity contribution is -0.0950. The first-order valence-corrected chi connectivity index (χ1v) is 6.24. The SMILES string of the molecule is CC(C)(C)OC(=O)NS(=O)(=O)N1CC(F)(F)C1. The molecule has 1 fully saturated rings. The molecular weight excluding hydrogens is 258 g/mol. The zero-order chi connectivity index (χ0) is 13.5. The fourth-order valence-electron chi connectivity index (χ4n) is 1.11. The molecule has 0 bridgehead atoms. The summed E-state index contributed by atoms with van der Waals surface area (Å²) in [7, 11) is -4.24. The first kappa shape index (κ1) is 14.1. The van der Waals surface area contributed by atoms with Crippen molar-refractivity contribution in [1.82, 2.24) is 9.03 Å². The molecule has 0 aromatic heterocycles. The van der Waals surface area contributed by atoms with E-state index in [1.165, 1.54) is 0 Å². The molecule has 1 amide bonds. The third kappa shape index (κ3) is 4.08. The first-order valence-electron chi connectivity index (χ1n) is 4.80. The number of halogens is 2. The van der Waals surface area contributed by atoms with E-state index in [9.17, 15) is 22.0 Å². The highest BCUT2D eigenvalue weighted by Crippen LogP contribution is 2.28. The van der Waals surface area contributed by atoms with Crippen LogP contribution in [0.2, 0.25) is 0 Å². The quantitative estimate of drug-likeness (QED) is 0.803. The van der Waals surface area contributed by atoms with Crippen LogP contribution in [0.3, 0.4) is 0 Å². The predicted octanol–water partition coefficient (Wildman–Crippen LogP) is 0.707. The smallest absolute Gasteiger partial charge is 0.422 e. The topological polar surface area (TPSA) is 75.7 Å². The standard InChI is InChI=1S/C8H14F2N2O4S/c1-7(2,3)16-6(13)11-17(14,15)12-4-8(9,10)5-12/h4-5H2,1-3H3,(H,11,13). The van der Waals surface area contributed by atoms with Crippen LogP contribution < -0.4 is 4.72 Å². The number of hydrogen-bond acceptors (Lipinski definition) is 4. The number of amides is 1. The van der Waals surface area contributed by atoms with Crippen molar-refractivity contribution in [1.29, 1.82) is 0 Å². The van der Waals surface area contributed by atoms with Crippen molar-refractivity contribution >= 4 is 16.3 Å². The third-order valence-electron chi connectivity index (χ3n) is 1.77. The van der Waals surface area contributed by atoms with E-state index in [-0.39, 0.29) is 0 Å². The molecule has 1 aliphatic rings. The Bertz CT molecular complexity index is 408. The Hall–Kier alpha value is -0.960. The second-order valence-corrected chi connectivity index (χ2v) is 6.40. The molecule has 0 spiro atoms. The Morgan fingerprint density at radius 1 is 1.35 bits per heavy atom. The largest absolute Gasteiger partial charge is 0.443 e. The molecule has 17 heavy (non-hydrogen) atoms. The fourth-order valence-corrected chi connectivity index (χ4v) is 2.21. The molecule has 0 aliphatic carbocycles. The van der Waals surface area contributed by atoms with E-state index in [1.54, 1.807) is 25.5 Å². The average molecular weight is 272 g/mol. The number of nitrogens with zero attached hydrogens (tertiary/aromatic N) is 1. The summed E-state index contributed by atoms with van der Waals surface area (Å²) in [6.45, 7) is 2.81. The van der Waals surface area contributed by atoms with Crippen molar-refractivity contribution in [2.24, 2.45) is 0 Å². The van der Waals surface area contributed by atoms with Crippen molar-refractivity contribution < 1.29 is 26.7 Å². The fraction of sp³-hybridized carbons (Fsp3) is 0.875. The summed E-state index contributed by atoms with van der Waals surface area (Å²) in [6, 6.07) is 0. The molecule has 0 aromatic carbocycles. The van der Waals surface area contributed by atoms with Crippen LogP contribution in [-0.2, 0) is 14.9 Å². The van der Waals surface area contributed by atoms with Gasteiger partial charge in [-0.3, -0.25) is 0 Å². The zero-order valence-corrected chi connectivity index (χ0v) is 10.5. The van der Waals surface area contributed by atoms with E-state index in [1.807, 2.05) is 0 Å². The van der Waals surface area contributed by atoms with Crippen LogP contribution in [0.5, 0.6) is 0 Å². The zero-order valence-electron chi connectivity index (χ0n) is 9.66. The van der Waals surface area contributed by atoms with Crippen LogP contribution in [-0.4, -0.2) is 43.4 Å². The van der Waals surface area contributed by atoms with E-state index in [4.69, 9.17) is 4.74 Å². The molecule has 100 valence electrons. The molecule has 1 rings (SSSR count). The third-order valence-corrected chi connectivity index (χ3v) is 3.13. The van der Waals surface area contributed by atoms with Crippen molar-refractivity contribution in [2.45, 2.75) is 32.3 Å². The lowest BCUT2D eigenvalue weighted by Crippen LogP contribution is -2.61. The molecule has 1 heterocycles. The summed E-state index contributed by atoms with van der Waals surface area (Å²) in [4.78, 5) is 11.2.